The molecule has 2 atom stereocenters. The highest BCUT2D eigenvalue weighted by molar-refractivity contribution is 5.74. The zero-order chi connectivity index (χ0) is 18.9. The Balaban J connectivity index is 2.44. The summed E-state index contributed by atoms with van der Waals surface area (Å²) in [5.41, 5.74) is 0.355. The SMILES string of the molecule is CCCCCC(C)NC(=O)NCc1ccnc(OC(C)C(F)(F)F)n1. The molecule has 1 heterocycles. The lowest BCUT2D eigenvalue weighted by Crippen LogP contribution is -2.40. The third kappa shape index (κ3) is 8.55. The van der Waals surface area contributed by atoms with Gasteiger partial charge in [-0.2, -0.15) is 18.2 Å². The van der Waals surface area contributed by atoms with Crippen molar-refractivity contribution in [2.24, 2.45) is 0 Å². The molecule has 1 rings (SSSR count). The number of ether oxygens (including phenoxy) is 1. The predicted octanol–water partition coefficient (Wildman–Crippen LogP) is 3.57. The van der Waals surface area contributed by atoms with Crippen LogP contribution in [0.15, 0.2) is 12.3 Å². The van der Waals surface area contributed by atoms with Crippen LogP contribution in [-0.4, -0.2) is 34.3 Å². The second-order valence-corrected chi connectivity index (χ2v) is 5.86. The summed E-state index contributed by atoms with van der Waals surface area (Å²) in [6.07, 6.45) is -1.05. The summed E-state index contributed by atoms with van der Waals surface area (Å²) in [6, 6.07) is 0.811. The second-order valence-electron chi connectivity index (χ2n) is 5.86. The minimum absolute atomic E-state index is 0.0449. The highest BCUT2D eigenvalue weighted by atomic mass is 19.4. The lowest BCUT2D eigenvalue weighted by atomic mass is 10.1. The molecule has 2 N–H and O–H groups in total. The van der Waals surface area contributed by atoms with Crippen LogP contribution in [-0.2, 0) is 6.54 Å². The molecule has 0 saturated heterocycles. The fraction of sp³-hybridized carbons (Fsp3) is 0.688. The topological polar surface area (TPSA) is 76.1 Å². The van der Waals surface area contributed by atoms with Crippen molar-refractivity contribution < 1.29 is 22.7 Å². The van der Waals surface area contributed by atoms with Crippen LogP contribution in [0, 0.1) is 0 Å². The number of aromatic nitrogens is 2. The van der Waals surface area contributed by atoms with Crippen LogP contribution >= 0.6 is 0 Å². The maximum absolute atomic E-state index is 12.5. The zero-order valence-electron chi connectivity index (χ0n) is 14.7. The van der Waals surface area contributed by atoms with E-state index < -0.39 is 12.3 Å². The Morgan fingerprint density at radius 2 is 2.04 bits per heavy atom. The van der Waals surface area contributed by atoms with Crippen molar-refractivity contribution in [2.45, 2.75) is 71.3 Å². The minimum Gasteiger partial charge on any atom is -0.451 e. The van der Waals surface area contributed by atoms with Gasteiger partial charge in [0.1, 0.15) is 0 Å². The number of carbonyl (C=O) groups is 1. The highest BCUT2D eigenvalue weighted by Crippen LogP contribution is 2.23. The summed E-state index contributed by atoms with van der Waals surface area (Å²) in [5.74, 6) is 0. The molecular formula is C16H25F3N4O2. The van der Waals surface area contributed by atoms with E-state index in [2.05, 4.69) is 32.3 Å². The van der Waals surface area contributed by atoms with Crippen LogP contribution in [0.3, 0.4) is 0 Å². The van der Waals surface area contributed by atoms with Gasteiger partial charge in [0, 0.05) is 12.2 Å². The highest BCUT2D eigenvalue weighted by Gasteiger charge is 2.38. The molecule has 0 aromatic carbocycles. The molecule has 25 heavy (non-hydrogen) atoms. The number of carbonyl (C=O) groups excluding carboxylic acids is 1. The van der Waals surface area contributed by atoms with E-state index in [1.54, 1.807) is 0 Å². The number of unbranched alkanes of at least 4 members (excludes halogenated alkanes) is 2. The number of rotatable bonds is 9. The summed E-state index contributed by atoms with van der Waals surface area (Å²) in [6.45, 7) is 4.97. The van der Waals surface area contributed by atoms with Crippen molar-refractivity contribution >= 4 is 6.03 Å². The number of hydrogen-bond acceptors (Lipinski definition) is 4. The third-order valence-electron chi connectivity index (χ3n) is 3.48. The van der Waals surface area contributed by atoms with Crippen LogP contribution in [0.2, 0.25) is 0 Å². The van der Waals surface area contributed by atoms with Gasteiger partial charge in [-0.15, -0.1) is 0 Å². The Bertz CT molecular complexity index is 540. The lowest BCUT2D eigenvalue weighted by Gasteiger charge is -2.16. The first-order chi connectivity index (χ1) is 11.7. The van der Waals surface area contributed by atoms with Crippen molar-refractivity contribution in [1.82, 2.24) is 20.6 Å². The van der Waals surface area contributed by atoms with E-state index >= 15 is 0 Å². The molecule has 2 amide bonds. The van der Waals surface area contributed by atoms with Gasteiger partial charge in [0.05, 0.1) is 12.2 Å². The Labute approximate surface area is 145 Å². The van der Waals surface area contributed by atoms with Gasteiger partial charge in [-0.05, 0) is 26.3 Å². The van der Waals surface area contributed by atoms with Crippen molar-refractivity contribution in [3.05, 3.63) is 18.0 Å². The smallest absolute Gasteiger partial charge is 0.425 e. The molecule has 1 aromatic rings. The first kappa shape index (κ1) is 21.0. The summed E-state index contributed by atoms with van der Waals surface area (Å²) in [7, 11) is 0. The van der Waals surface area contributed by atoms with E-state index in [0.717, 1.165) is 32.6 Å². The first-order valence-corrected chi connectivity index (χ1v) is 8.32. The van der Waals surface area contributed by atoms with Gasteiger partial charge < -0.3 is 15.4 Å². The second kappa shape index (κ2) is 10.0. The van der Waals surface area contributed by atoms with E-state index in [1.165, 1.54) is 12.3 Å². The first-order valence-electron chi connectivity index (χ1n) is 8.32. The van der Waals surface area contributed by atoms with E-state index in [9.17, 15) is 18.0 Å². The van der Waals surface area contributed by atoms with E-state index in [0.29, 0.717) is 5.69 Å². The number of amides is 2. The maximum Gasteiger partial charge on any atom is 0.425 e. The van der Waals surface area contributed by atoms with Crippen LogP contribution in [0.4, 0.5) is 18.0 Å². The molecule has 1 aromatic heterocycles. The molecule has 0 aliphatic carbocycles. The van der Waals surface area contributed by atoms with E-state index in [-0.39, 0.29) is 24.6 Å². The van der Waals surface area contributed by atoms with Crippen molar-refractivity contribution in [1.29, 1.82) is 0 Å². The molecule has 0 saturated carbocycles. The fourth-order valence-electron chi connectivity index (χ4n) is 1.97. The zero-order valence-corrected chi connectivity index (χ0v) is 14.7. The normalized spacial score (nSPS) is 13.8. The summed E-state index contributed by atoms with van der Waals surface area (Å²) >= 11 is 0. The molecule has 0 radical (unpaired) electrons. The number of hydrogen-bond donors (Lipinski definition) is 2. The monoisotopic (exact) mass is 362 g/mol. The third-order valence-corrected chi connectivity index (χ3v) is 3.48. The molecular weight excluding hydrogens is 337 g/mol. The van der Waals surface area contributed by atoms with Crippen LogP contribution in [0.25, 0.3) is 0 Å². The Hall–Kier alpha value is -2.06. The molecule has 0 fully saturated rings. The molecule has 2 unspecified atom stereocenters. The van der Waals surface area contributed by atoms with Gasteiger partial charge in [-0.3, -0.25) is 0 Å². The molecule has 142 valence electrons. The molecule has 0 bridgehead atoms. The number of nitrogens with zero attached hydrogens (tertiary/aromatic N) is 2. The maximum atomic E-state index is 12.5. The predicted molar refractivity (Wildman–Crippen MR) is 87.2 cm³/mol. The lowest BCUT2D eigenvalue weighted by molar-refractivity contribution is -0.190. The average molecular weight is 362 g/mol. The van der Waals surface area contributed by atoms with Crippen molar-refractivity contribution in [2.75, 3.05) is 0 Å². The largest absolute Gasteiger partial charge is 0.451 e. The van der Waals surface area contributed by atoms with Crippen molar-refractivity contribution in [3.63, 3.8) is 0 Å². The van der Waals surface area contributed by atoms with Crippen LogP contribution in [0.5, 0.6) is 6.01 Å². The molecule has 0 aliphatic heterocycles. The number of urea groups is 1. The average Bonchev–Trinajstić information content (AvgIpc) is 2.52. The number of halogens is 3. The van der Waals surface area contributed by atoms with Gasteiger partial charge in [-0.25, -0.2) is 9.78 Å². The molecule has 0 spiro atoms. The molecule has 0 aliphatic rings. The van der Waals surface area contributed by atoms with E-state index in [1.807, 2.05) is 6.92 Å². The Morgan fingerprint density at radius 1 is 1.32 bits per heavy atom. The number of nitrogens with one attached hydrogen (secondary N) is 2. The summed E-state index contributed by atoms with van der Waals surface area (Å²) < 4.78 is 42.1. The van der Waals surface area contributed by atoms with Crippen molar-refractivity contribution in [3.8, 4) is 6.01 Å². The van der Waals surface area contributed by atoms with Gasteiger partial charge in [0.25, 0.3) is 0 Å². The Morgan fingerprint density at radius 3 is 2.68 bits per heavy atom. The fourth-order valence-corrected chi connectivity index (χ4v) is 1.97. The van der Waals surface area contributed by atoms with Gasteiger partial charge >= 0.3 is 18.2 Å². The summed E-state index contributed by atoms with van der Waals surface area (Å²) in [5, 5.41) is 5.42. The quantitative estimate of drug-likeness (QED) is 0.659. The minimum atomic E-state index is -4.49. The number of alkyl halides is 3. The van der Waals surface area contributed by atoms with Crippen LogP contribution < -0.4 is 15.4 Å². The van der Waals surface area contributed by atoms with Crippen LogP contribution in [0.1, 0.15) is 52.1 Å². The molecule has 9 heteroatoms. The van der Waals surface area contributed by atoms with Gasteiger partial charge in [0.2, 0.25) is 0 Å². The van der Waals surface area contributed by atoms with Gasteiger partial charge in [-0.1, -0.05) is 26.2 Å². The summed E-state index contributed by atoms with van der Waals surface area (Å²) in [4.78, 5) is 19.3. The molecule has 6 nitrogen and oxygen atoms in total. The Kier molecular flexibility index (Phi) is 8.44. The van der Waals surface area contributed by atoms with Gasteiger partial charge in [0.15, 0.2) is 6.10 Å². The standard InChI is InChI=1S/C16H25F3N4O2/c1-4-5-6-7-11(2)22-14(24)21-10-13-8-9-20-15(23-13)25-12(3)16(17,18)19/h8-9,11-12H,4-7,10H2,1-3H3,(H2,21,22,24). The van der Waals surface area contributed by atoms with E-state index in [4.69, 9.17) is 0 Å².